The molecule has 0 radical (unpaired) electrons. The molecule has 0 aromatic heterocycles. The maximum Gasteiger partial charge on any atom is 0.377 e. The summed E-state index contributed by atoms with van der Waals surface area (Å²) in [7, 11) is 0. The van der Waals surface area contributed by atoms with Crippen LogP contribution in [-0.4, -0.2) is 44.3 Å². The van der Waals surface area contributed by atoms with E-state index in [0.29, 0.717) is 0 Å². The Morgan fingerprint density at radius 3 is 1.80 bits per heavy atom. The highest BCUT2D eigenvalue weighted by Crippen LogP contribution is 2.12. The molecule has 7 nitrogen and oxygen atoms in total. The van der Waals surface area contributed by atoms with Gasteiger partial charge in [-0.15, -0.1) is 0 Å². The van der Waals surface area contributed by atoms with Crippen LogP contribution in [0, 0.1) is 0 Å². The lowest BCUT2D eigenvalue weighted by atomic mass is 10.4. The first-order chi connectivity index (χ1) is 9.47. The number of carbonyl (C=O) groups is 3. The molecule has 114 valence electrons. The largest absolute Gasteiger partial charge is 0.472 e. The van der Waals surface area contributed by atoms with Crippen LogP contribution in [0.1, 0.15) is 20.8 Å². The van der Waals surface area contributed by atoms with Crippen molar-refractivity contribution in [2.24, 2.45) is 0 Å². The first kappa shape index (κ1) is 17.9. The third-order valence-electron chi connectivity index (χ3n) is 1.75. The van der Waals surface area contributed by atoms with Crippen LogP contribution in [0.15, 0.2) is 11.6 Å². The minimum atomic E-state index is -1.56. The molecular weight excluding hydrogens is 275 g/mol. The summed E-state index contributed by atoms with van der Waals surface area (Å²) in [5.74, 6) is -5.97. The summed E-state index contributed by atoms with van der Waals surface area (Å²) in [6.07, 6.45) is 0. The number of hydrogen-bond acceptors (Lipinski definition) is 7. The van der Waals surface area contributed by atoms with Crippen LogP contribution < -0.4 is 0 Å². The number of ether oxygens (including phenoxy) is 4. The Hall–Kier alpha value is -2.12. The van der Waals surface area contributed by atoms with Crippen LogP contribution >= 0.6 is 0 Å². The second-order valence-electron chi connectivity index (χ2n) is 3.18. The smallest absolute Gasteiger partial charge is 0.377 e. The van der Waals surface area contributed by atoms with Crippen molar-refractivity contribution in [3.63, 3.8) is 0 Å². The molecule has 0 unspecified atom stereocenters. The van der Waals surface area contributed by atoms with Gasteiger partial charge in [0.25, 0.3) is 5.83 Å². The lowest BCUT2D eigenvalue weighted by molar-refractivity contribution is -0.152. The zero-order valence-electron chi connectivity index (χ0n) is 11.6. The van der Waals surface area contributed by atoms with Crippen LogP contribution in [-0.2, 0) is 33.3 Å². The number of rotatable bonds is 8. The van der Waals surface area contributed by atoms with Crippen molar-refractivity contribution in [3.05, 3.63) is 11.6 Å². The Labute approximate surface area is 115 Å². The molecule has 0 amide bonds. The summed E-state index contributed by atoms with van der Waals surface area (Å²) >= 11 is 0. The number of esters is 3. The third kappa shape index (κ3) is 6.17. The van der Waals surface area contributed by atoms with Gasteiger partial charge in [0, 0.05) is 0 Å². The molecule has 0 aliphatic heterocycles. The Morgan fingerprint density at radius 2 is 1.30 bits per heavy atom. The van der Waals surface area contributed by atoms with Crippen molar-refractivity contribution in [1.29, 1.82) is 0 Å². The average Bonchev–Trinajstić information content (AvgIpc) is 2.39. The lowest BCUT2D eigenvalue weighted by Gasteiger charge is -2.10. The summed E-state index contributed by atoms with van der Waals surface area (Å²) in [6, 6.07) is 0. The van der Waals surface area contributed by atoms with E-state index in [9.17, 15) is 18.8 Å². The summed E-state index contributed by atoms with van der Waals surface area (Å²) < 4.78 is 31.8. The second kappa shape index (κ2) is 9.76. The van der Waals surface area contributed by atoms with Gasteiger partial charge in [-0.2, -0.15) is 4.39 Å². The van der Waals surface area contributed by atoms with Gasteiger partial charge in [-0.1, -0.05) is 0 Å². The molecule has 0 heterocycles. The molecule has 0 bridgehead atoms. The van der Waals surface area contributed by atoms with Crippen molar-refractivity contribution in [1.82, 2.24) is 0 Å². The molecular formula is C12H17FO7. The molecule has 0 fully saturated rings. The van der Waals surface area contributed by atoms with Crippen LogP contribution in [0.25, 0.3) is 0 Å². The minimum Gasteiger partial charge on any atom is -0.472 e. The second-order valence-corrected chi connectivity index (χ2v) is 3.18. The standard InChI is InChI=1S/C12H17FO7/c1-4-17-8(14)7-20-10(12(16)19-6-3)9(13)11(15)18-5-2/h4-7H2,1-3H3. The topological polar surface area (TPSA) is 88.1 Å². The van der Waals surface area contributed by atoms with Gasteiger partial charge >= 0.3 is 17.9 Å². The highest BCUT2D eigenvalue weighted by atomic mass is 19.1. The van der Waals surface area contributed by atoms with Crippen molar-refractivity contribution in [2.75, 3.05) is 26.4 Å². The first-order valence-electron chi connectivity index (χ1n) is 6.00. The molecule has 0 spiro atoms. The molecule has 0 aliphatic carbocycles. The molecule has 20 heavy (non-hydrogen) atoms. The molecule has 0 atom stereocenters. The summed E-state index contributed by atoms with van der Waals surface area (Å²) in [5, 5.41) is 0. The Morgan fingerprint density at radius 1 is 0.800 bits per heavy atom. The lowest BCUT2D eigenvalue weighted by Crippen LogP contribution is -2.20. The molecule has 8 heteroatoms. The fourth-order valence-corrected chi connectivity index (χ4v) is 1.03. The normalized spacial score (nSPS) is 11.2. The van der Waals surface area contributed by atoms with Gasteiger partial charge in [0.1, 0.15) is 0 Å². The summed E-state index contributed by atoms with van der Waals surface area (Å²) in [5.41, 5.74) is 0. The van der Waals surface area contributed by atoms with E-state index in [-0.39, 0.29) is 19.8 Å². The molecule has 0 N–H and O–H groups in total. The van der Waals surface area contributed by atoms with E-state index in [1.165, 1.54) is 13.8 Å². The van der Waals surface area contributed by atoms with Crippen molar-refractivity contribution in [3.8, 4) is 0 Å². The average molecular weight is 292 g/mol. The maximum atomic E-state index is 13.7. The van der Waals surface area contributed by atoms with Crippen molar-refractivity contribution in [2.45, 2.75) is 20.8 Å². The van der Waals surface area contributed by atoms with Crippen LogP contribution in [0.4, 0.5) is 4.39 Å². The Balaban J connectivity index is 4.98. The predicted octanol–water partition coefficient (Wildman–Crippen LogP) is 0.873. The number of hydrogen-bond donors (Lipinski definition) is 0. The van der Waals surface area contributed by atoms with Gasteiger partial charge in [-0.25, -0.2) is 14.4 Å². The van der Waals surface area contributed by atoms with E-state index >= 15 is 0 Å². The molecule has 0 aliphatic rings. The van der Waals surface area contributed by atoms with E-state index in [1.54, 1.807) is 6.92 Å². The molecule has 0 saturated heterocycles. The highest BCUT2D eigenvalue weighted by Gasteiger charge is 2.26. The zero-order chi connectivity index (χ0) is 15.5. The third-order valence-corrected chi connectivity index (χ3v) is 1.75. The van der Waals surface area contributed by atoms with Gasteiger partial charge in [-0.05, 0) is 20.8 Å². The van der Waals surface area contributed by atoms with Crippen molar-refractivity contribution >= 4 is 17.9 Å². The van der Waals surface area contributed by atoms with Gasteiger partial charge in [-0.3, -0.25) is 0 Å². The SMILES string of the molecule is CCOC(=O)COC(C(=O)OCC)=C(F)C(=O)OCC. The van der Waals surface area contributed by atoms with Gasteiger partial charge in [0.15, 0.2) is 6.61 Å². The van der Waals surface area contributed by atoms with E-state index < -0.39 is 36.1 Å². The molecule has 0 aromatic rings. The van der Waals surface area contributed by atoms with Gasteiger partial charge in [0.2, 0.25) is 5.76 Å². The van der Waals surface area contributed by atoms with E-state index in [4.69, 9.17) is 0 Å². The van der Waals surface area contributed by atoms with E-state index in [0.717, 1.165) is 0 Å². The fourth-order valence-electron chi connectivity index (χ4n) is 1.03. The monoisotopic (exact) mass is 292 g/mol. The molecule has 0 saturated carbocycles. The molecule has 0 aromatic carbocycles. The fraction of sp³-hybridized carbons (Fsp3) is 0.583. The first-order valence-corrected chi connectivity index (χ1v) is 6.00. The van der Waals surface area contributed by atoms with Crippen LogP contribution in [0.3, 0.4) is 0 Å². The Bertz CT molecular complexity index is 389. The van der Waals surface area contributed by atoms with Gasteiger partial charge in [0.05, 0.1) is 19.8 Å². The number of halogens is 1. The van der Waals surface area contributed by atoms with Crippen LogP contribution in [0.2, 0.25) is 0 Å². The van der Waals surface area contributed by atoms with Crippen molar-refractivity contribution < 1.29 is 37.7 Å². The minimum absolute atomic E-state index is 0.0544. The van der Waals surface area contributed by atoms with E-state index in [2.05, 4.69) is 18.9 Å². The van der Waals surface area contributed by atoms with Crippen LogP contribution in [0.5, 0.6) is 0 Å². The summed E-state index contributed by atoms with van der Waals surface area (Å²) in [4.78, 5) is 33.7. The maximum absolute atomic E-state index is 13.7. The Kier molecular flexibility index (Phi) is 8.73. The highest BCUT2D eigenvalue weighted by molar-refractivity contribution is 5.97. The molecule has 0 rings (SSSR count). The van der Waals surface area contributed by atoms with Gasteiger partial charge < -0.3 is 18.9 Å². The quantitative estimate of drug-likeness (QED) is 0.284. The number of carbonyl (C=O) groups excluding carboxylic acids is 3. The zero-order valence-corrected chi connectivity index (χ0v) is 11.6. The summed E-state index contributed by atoms with van der Waals surface area (Å²) in [6.45, 7) is 3.76. The van der Waals surface area contributed by atoms with E-state index in [1.807, 2.05) is 0 Å². The predicted molar refractivity (Wildman–Crippen MR) is 64.0 cm³/mol.